The van der Waals surface area contributed by atoms with Crippen LogP contribution in [0.5, 0.6) is 5.75 Å². The Hall–Kier alpha value is -1.32. The van der Waals surface area contributed by atoms with Crippen molar-refractivity contribution in [3.63, 3.8) is 0 Å². The number of benzene rings is 1. The molecule has 1 unspecified atom stereocenters. The average Bonchev–Trinajstić information content (AvgIpc) is 3.01. The number of hydrogen-bond acceptors (Lipinski definition) is 3. The highest BCUT2D eigenvalue weighted by Gasteiger charge is 2.20. The van der Waals surface area contributed by atoms with Gasteiger partial charge >= 0.3 is 0 Å². The number of thiophene rings is 1. The van der Waals surface area contributed by atoms with Gasteiger partial charge in [0.15, 0.2) is 0 Å². The van der Waals surface area contributed by atoms with Gasteiger partial charge in [0.2, 0.25) is 0 Å². The van der Waals surface area contributed by atoms with E-state index in [0.717, 1.165) is 25.3 Å². The summed E-state index contributed by atoms with van der Waals surface area (Å²) in [7, 11) is 0. The zero-order chi connectivity index (χ0) is 14.1. The second-order valence-corrected chi connectivity index (χ2v) is 6.79. The summed E-state index contributed by atoms with van der Waals surface area (Å²) >= 11 is 1.88. The van der Waals surface area contributed by atoms with Gasteiger partial charge in [-0.1, -0.05) is 19.1 Å². The van der Waals surface area contributed by atoms with Crippen LogP contribution in [0.4, 0.5) is 0 Å². The fraction of sp³-hybridized carbons (Fsp3) is 0.412. The molecular formula is C17H21NOS. The first-order valence-corrected chi connectivity index (χ1v) is 8.06. The van der Waals surface area contributed by atoms with Gasteiger partial charge in [-0.3, -0.25) is 0 Å². The van der Waals surface area contributed by atoms with Gasteiger partial charge in [0.25, 0.3) is 0 Å². The van der Waals surface area contributed by atoms with Gasteiger partial charge in [-0.25, -0.2) is 0 Å². The molecule has 0 saturated heterocycles. The molecule has 2 nitrogen and oxygen atoms in total. The Balaban J connectivity index is 2.00. The van der Waals surface area contributed by atoms with Crippen LogP contribution >= 0.6 is 11.3 Å². The minimum Gasteiger partial charge on any atom is -0.493 e. The predicted molar refractivity (Wildman–Crippen MR) is 85.0 cm³/mol. The van der Waals surface area contributed by atoms with Crippen LogP contribution in [-0.4, -0.2) is 13.2 Å². The number of hydrogen-bond donors (Lipinski definition) is 1. The Bertz CT molecular complexity index is 617. The molecule has 0 saturated carbocycles. The summed E-state index contributed by atoms with van der Waals surface area (Å²) in [5.74, 6) is 1.06. The fourth-order valence-corrected chi connectivity index (χ4v) is 3.90. The van der Waals surface area contributed by atoms with Gasteiger partial charge in [-0.15, -0.1) is 11.3 Å². The zero-order valence-electron chi connectivity index (χ0n) is 12.3. The normalized spacial score (nSPS) is 14.9. The van der Waals surface area contributed by atoms with Gasteiger partial charge < -0.3 is 10.1 Å². The first kappa shape index (κ1) is 13.7. The largest absolute Gasteiger partial charge is 0.493 e. The molecule has 0 bridgehead atoms. The minimum atomic E-state index is 0.288. The Morgan fingerprint density at radius 3 is 2.85 bits per heavy atom. The topological polar surface area (TPSA) is 21.3 Å². The van der Waals surface area contributed by atoms with Crippen molar-refractivity contribution in [1.29, 1.82) is 0 Å². The van der Waals surface area contributed by atoms with Crippen LogP contribution in [0.2, 0.25) is 0 Å². The third-order valence-electron chi connectivity index (χ3n) is 3.85. The van der Waals surface area contributed by atoms with Gasteiger partial charge in [0, 0.05) is 16.2 Å². The van der Waals surface area contributed by atoms with Crippen LogP contribution in [0.15, 0.2) is 24.3 Å². The van der Waals surface area contributed by atoms with Crippen molar-refractivity contribution in [3.8, 4) is 5.75 Å². The van der Waals surface area contributed by atoms with Gasteiger partial charge in [0.1, 0.15) is 5.75 Å². The average molecular weight is 287 g/mol. The van der Waals surface area contributed by atoms with E-state index in [1.165, 1.54) is 26.4 Å². The Morgan fingerprint density at radius 1 is 1.30 bits per heavy atom. The van der Waals surface area contributed by atoms with E-state index in [2.05, 4.69) is 50.4 Å². The molecule has 1 N–H and O–H groups in total. The maximum atomic E-state index is 5.61. The quantitative estimate of drug-likeness (QED) is 0.917. The van der Waals surface area contributed by atoms with Crippen LogP contribution in [-0.2, 0) is 6.42 Å². The third-order valence-corrected chi connectivity index (χ3v) is 4.83. The molecular weight excluding hydrogens is 266 g/mol. The highest BCUT2D eigenvalue weighted by Crippen LogP contribution is 2.34. The first-order valence-electron chi connectivity index (χ1n) is 7.25. The van der Waals surface area contributed by atoms with Crippen molar-refractivity contribution < 1.29 is 4.74 Å². The summed E-state index contributed by atoms with van der Waals surface area (Å²) in [6, 6.07) is 9.23. The molecule has 0 fully saturated rings. The van der Waals surface area contributed by atoms with Crippen LogP contribution in [0.3, 0.4) is 0 Å². The van der Waals surface area contributed by atoms with Gasteiger partial charge in [-0.05, 0) is 49.2 Å². The lowest BCUT2D eigenvalue weighted by Gasteiger charge is -2.19. The van der Waals surface area contributed by atoms with E-state index >= 15 is 0 Å². The zero-order valence-corrected chi connectivity index (χ0v) is 13.1. The van der Waals surface area contributed by atoms with Crippen molar-refractivity contribution in [2.24, 2.45) is 0 Å². The summed E-state index contributed by atoms with van der Waals surface area (Å²) in [5, 5.41) is 3.63. The Labute approximate surface area is 124 Å². The molecule has 1 aromatic heterocycles. The highest BCUT2D eigenvalue weighted by molar-refractivity contribution is 7.12. The molecule has 0 spiro atoms. The summed E-state index contributed by atoms with van der Waals surface area (Å²) in [4.78, 5) is 2.79. The molecule has 1 aromatic carbocycles. The summed E-state index contributed by atoms with van der Waals surface area (Å²) < 4.78 is 5.61. The lowest BCUT2D eigenvalue weighted by molar-refractivity contribution is 0.357. The standard InChI is InChI=1S/C17H21NOS/c1-4-18-17(15-9-11(2)20-12(15)3)14-5-6-16-13(10-14)7-8-19-16/h5-6,9-10,17-18H,4,7-8H2,1-3H3. The molecule has 2 heterocycles. The van der Waals surface area contributed by atoms with E-state index in [4.69, 9.17) is 4.74 Å². The molecule has 1 atom stereocenters. The van der Waals surface area contributed by atoms with E-state index in [0.29, 0.717) is 0 Å². The molecule has 0 radical (unpaired) electrons. The second-order valence-electron chi connectivity index (χ2n) is 5.32. The summed E-state index contributed by atoms with van der Waals surface area (Å²) in [6.07, 6.45) is 1.03. The van der Waals surface area contributed by atoms with Crippen molar-refractivity contribution >= 4 is 11.3 Å². The molecule has 1 aliphatic heterocycles. The van der Waals surface area contributed by atoms with E-state index in [9.17, 15) is 0 Å². The maximum absolute atomic E-state index is 5.61. The number of fused-ring (bicyclic) bond motifs is 1. The lowest BCUT2D eigenvalue weighted by atomic mass is 9.96. The summed E-state index contributed by atoms with van der Waals surface area (Å²) in [5.41, 5.74) is 4.10. The number of rotatable bonds is 4. The van der Waals surface area contributed by atoms with Crippen molar-refractivity contribution in [1.82, 2.24) is 5.32 Å². The van der Waals surface area contributed by atoms with E-state index in [1.807, 2.05) is 11.3 Å². The molecule has 0 aliphatic carbocycles. The lowest BCUT2D eigenvalue weighted by Crippen LogP contribution is -2.22. The van der Waals surface area contributed by atoms with E-state index < -0.39 is 0 Å². The van der Waals surface area contributed by atoms with Crippen molar-refractivity contribution in [2.75, 3.05) is 13.2 Å². The van der Waals surface area contributed by atoms with Gasteiger partial charge in [0.05, 0.1) is 12.6 Å². The minimum absolute atomic E-state index is 0.288. The monoisotopic (exact) mass is 287 g/mol. The fourth-order valence-electron chi connectivity index (χ4n) is 2.93. The van der Waals surface area contributed by atoms with Crippen molar-refractivity contribution in [2.45, 2.75) is 33.2 Å². The second kappa shape index (κ2) is 5.58. The SMILES string of the molecule is CCNC(c1ccc2c(c1)CCO2)c1cc(C)sc1C. The maximum Gasteiger partial charge on any atom is 0.122 e. The number of nitrogens with one attached hydrogen (secondary N) is 1. The molecule has 2 aromatic rings. The third kappa shape index (κ3) is 2.48. The van der Waals surface area contributed by atoms with E-state index in [-0.39, 0.29) is 6.04 Å². The smallest absolute Gasteiger partial charge is 0.122 e. The van der Waals surface area contributed by atoms with E-state index in [1.54, 1.807) is 0 Å². The molecule has 3 rings (SSSR count). The Kier molecular flexibility index (Phi) is 3.81. The molecule has 3 heteroatoms. The molecule has 0 amide bonds. The first-order chi connectivity index (χ1) is 9.69. The molecule has 20 heavy (non-hydrogen) atoms. The highest BCUT2D eigenvalue weighted by atomic mass is 32.1. The van der Waals surface area contributed by atoms with Gasteiger partial charge in [-0.2, -0.15) is 0 Å². The predicted octanol–water partition coefficient (Wildman–Crippen LogP) is 4.00. The molecule has 106 valence electrons. The van der Waals surface area contributed by atoms with Crippen LogP contribution in [0.25, 0.3) is 0 Å². The van der Waals surface area contributed by atoms with Crippen LogP contribution in [0.1, 0.15) is 39.4 Å². The number of ether oxygens (including phenoxy) is 1. The van der Waals surface area contributed by atoms with Crippen molar-refractivity contribution in [3.05, 3.63) is 50.7 Å². The van der Waals surface area contributed by atoms with Crippen LogP contribution < -0.4 is 10.1 Å². The number of aryl methyl sites for hydroxylation is 2. The molecule has 1 aliphatic rings. The summed E-state index contributed by atoms with van der Waals surface area (Å²) in [6.45, 7) is 8.35. The Morgan fingerprint density at radius 2 is 2.15 bits per heavy atom. The van der Waals surface area contributed by atoms with Crippen LogP contribution in [0, 0.1) is 13.8 Å².